The Bertz CT molecular complexity index is 335. The summed E-state index contributed by atoms with van der Waals surface area (Å²) < 4.78 is 0. The number of nitrogens with zero attached hydrogens (tertiary/aromatic N) is 1. The first-order valence-electron chi connectivity index (χ1n) is 5.78. The molecule has 0 N–H and O–H groups in total. The van der Waals surface area contributed by atoms with Gasteiger partial charge in [0.1, 0.15) is 0 Å². The van der Waals surface area contributed by atoms with E-state index < -0.39 is 0 Å². The van der Waals surface area contributed by atoms with Gasteiger partial charge in [-0.25, -0.2) is 0 Å². The maximum atomic E-state index is 4.58. The standard InChI is InChI=1S/C14H21N/c1-5-13(6-2)10-15-14-9-11(3)7-8-12(14)4/h7-10,13H,5-6H2,1-4H3. The Morgan fingerprint density at radius 2 is 1.87 bits per heavy atom. The fraction of sp³-hybridized carbons (Fsp3) is 0.500. The molecule has 0 saturated heterocycles. The van der Waals surface area contributed by atoms with Crippen LogP contribution in [0.1, 0.15) is 37.8 Å². The van der Waals surface area contributed by atoms with E-state index in [1.54, 1.807) is 0 Å². The number of hydrogen-bond acceptors (Lipinski definition) is 1. The van der Waals surface area contributed by atoms with Crippen molar-refractivity contribution in [3.63, 3.8) is 0 Å². The minimum Gasteiger partial charge on any atom is -0.261 e. The van der Waals surface area contributed by atoms with Crippen LogP contribution in [0.15, 0.2) is 23.2 Å². The molecule has 0 aromatic heterocycles. The molecular formula is C14H21N. The zero-order chi connectivity index (χ0) is 11.3. The Morgan fingerprint density at radius 1 is 1.20 bits per heavy atom. The van der Waals surface area contributed by atoms with Crippen LogP contribution in [0.4, 0.5) is 5.69 Å². The molecule has 15 heavy (non-hydrogen) atoms. The molecule has 0 unspecified atom stereocenters. The van der Waals surface area contributed by atoms with Gasteiger partial charge in [0.05, 0.1) is 5.69 Å². The molecule has 0 aliphatic rings. The Morgan fingerprint density at radius 3 is 2.47 bits per heavy atom. The first-order chi connectivity index (χ1) is 7.17. The minimum atomic E-state index is 0.616. The van der Waals surface area contributed by atoms with Crippen molar-refractivity contribution in [1.29, 1.82) is 0 Å². The predicted molar refractivity (Wildman–Crippen MR) is 68.1 cm³/mol. The Kier molecular flexibility index (Phi) is 4.54. The van der Waals surface area contributed by atoms with Gasteiger partial charge in [-0.2, -0.15) is 0 Å². The van der Waals surface area contributed by atoms with Crippen LogP contribution in [-0.4, -0.2) is 6.21 Å². The van der Waals surface area contributed by atoms with Crippen molar-refractivity contribution in [1.82, 2.24) is 0 Å². The maximum Gasteiger partial charge on any atom is 0.0657 e. The second-order valence-corrected chi connectivity index (χ2v) is 4.14. The van der Waals surface area contributed by atoms with Gasteiger partial charge in [0.25, 0.3) is 0 Å². The fourth-order valence-electron chi connectivity index (χ4n) is 1.54. The van der Waals surface area contributed by atoms with Crippen LogP contribution in [0.2, 0.25) is 0 Å². The van der Waals surface area contributed by atoms with E-state index in [2.05, 4.69) is 57.1 Å². The van der Waals surface area contributed by atoms with Crippen molar-refractivity contribution in [2.24, 2.45) is 10.9 Å². The molecule has 1 heteroatoms. The molecule has 0 spiro atoms. The lowest BCUT2D eigenvalue weighted by Gasteiger charge is -2.06. The molecule has 0 saturated carbocycles. The normalized spacial score (nSPS) is 11.5. The zero-order valence-electron chi connectivity index (χ0n) is 10.2. The van der Waals surface area contributed by atoms with Crippen LogP contribution in [0.5, 0.6) is 0 Å². The van der Waals surface area contributed by atoms with Crippen LogP contribution in [0, 0.1) is 19.8 Å². The molecule has 0 aliphatic heterocycles. The number of aryl methyl sites for hydroxylation is 2. The van der Waals surface area contributed by atoms with E-state index in [9.17, 15) is 0 Å². The van der Waals surface area contributed by atoms with E-state index in [0.29, 0.717) is 5.92 Å². The lowest BCUT2D eigenvalue weighted by Crippen LogP contribution is -1.97. The van der Waals surface area contributed by atoms with Crippen molar-refractivity contribution in [2.75, 3.05) is 0 Å². The minimum absolute atomic E-state index is 0.616. The SMILES string of the molecule is CCC(C=Nc1cc(C)ccc1C)CC. The second kappa shape index (κ2) is 5.69. The van der Waals surface area contributed by atoms with Gasteiger partial charge in [0.2, 0.25) is 0 Å². The third-order valence-electron chi connectivity index (χ3n) is 2.84. The fourth-order valence-corrected chi connectivity index (χ4v) is 1.54. The quantitative estimate of drug-likeness (QED) is 0.641. The van der Waals surface area contributed by atoms with E-state index in [-0.39, 0.29) is 0 Å². The average Bonchev–Trinajstić information content (AvgIpc) is 2.24. The third-order valence-corrected chi connectivity index (χ3v) is 2.84. The van der Waals surface area contributed by atoms with Gasteiger partial charge in [0, 0.05) is 6.21 Å². The van der Waals surface area contributed by atoms with E-state index in [0.717, 1.165) is 5.69 Å². The number of hydrogen-bond donors (Lipinski definition) is 0. The summed E-state index contributed by atoms with van der Waals surface area (Å²) in [6, 6.07) is 6.41. The smallest absolute Gasteiger partial charge is 0.0657 e. The summed E-state index contributed by atoms with van der Waals surface area (Å²) in [5.41, 5.74) is 3.64. The molecule has 0 amide bonds. The van der Waals surface area contributed by atoms with Gasteiger partial charge < -0.3 is 0 Å². The lowest BCUT2D eigenvalue weighted by molar-refractivity contribution is 0.655. The summed E-state index contributed by atoms with van der Waals surface area (Å²) in [6.07, 6.45) is 4.44. The highest BCUT2D eigenvalue weighted by atomic mass is 14.7. The summed E-state index contributed by atoms with van der Waals surface area (Å²) in [4.78, 5) is 4.58. The molecule has 1 nitrogen and oxygen atoms in total. The lowest BCUT2D eigenvalue weighted by atomic mass is 10.1. The summed E-state index contributed by atoms with van der Waals surface area (Å²) in [5, 5.41) is 0. The largest absolute Gasteiger partial charge is 0.261 e. The van der Waals surface area contributed by atoms with Crippen LogP contribution >= 0.6 is 0 Å². The molecule has 1 aromatic rings. The van der Waals surface area contributed by atoms with Crippen molar-refractivity contribution in [3.05, 3.63) is 29.3 Å². The number of benzene rings is 1. The van der Waals surface area contributed by atoms with Crippen molar-refractivity contribution < 1.29 is 0 Å². The first-order valence-corrected chi connectivity index (χ1v) is 5.78. The molecule has 82 valence electrons. The van der Waals surface area contributed by atoms with Gasteiger partial charge in [0.15, 0.2) is 0 Å². The van der Waals surface area contributed by atoms with Crippen molar-refractivity contribution in [2.45, 2.75) is 40.5 Å². The number of rotatable bonds is 4. The van der Waals surface area contributed by atoms with E-state index in [1.165, 1.54) is 24.0 Å². The summed E-state index contributed by atoms with van der Waals surface area (Å²) in [5.74, 6) is 0.616. The Labute approximate surface area is 93.2 Å². The zero-order valence-corrected chi connectivity index (χ0v) is 10.2. The van der Waals surface area contributed by atoms with Crippen LogP contribution in [0.3, 0.4) is 0 Å². The molecule has 0 aliphatic carbocycles. The predicted octanol–water partition coefficient (Wildman–Crippen LogP) is 4.44. The molecule has 0 radical (unpaired) electrons. The molecular weight excluding hydrogens is 182 g/mol. The molecule has 0 bridgehead atoms. The van der Waals surface area contributed by atoms with Gasteiger partial charge in [-0.05, 0) is 49.8 Å². The van der Waals surface area contributed by atoms with Gasteiger partial charge in [-0.15, -0.1) is 0 Å². The number of aliphatic imine (C=N–C) groups is 1. The highest BCUT2D eigenvalue weighted by Gasteiger charge is 1.99. The van der Waals surface area contributed by atoms with Crippen molar-refractivity contribution >= 4 is 11.9 Å². The average molecular weight is 203 g/mol. The third kappa shape index (κ3) is 3.50. The van der Waals surface area contributed by atoms with Crippen molar-refractivity contribution in [3.8, 4) is 0 Å². The molecule has 0 heterocycles. The molecule has 1 rings (SSSR count). The van der Waals surface area contributed by atoms with E-state index >= 15 is 0 Å². The van der Waals surface area contributed by atoms with Crippen LogP contribution in [-0.2, 0) is 0 Å². The van der Waals surface area contributed by atoms with Gasteiger partial charge in [-0.1, -0.05) is 26.0 Å². The Balaban J connectivity index is 2.83. The van der Waals surface area contributed by atoms with E-state index in [1.807, 2.05) is 0 Å². The summed E-state index contributed by atoms with van der Waals surface area (Å²) >= 11 is 0. The van der Waals surface area contributed by atoms with Crippen LogP contribution in [0.25, 0.3) is 0 Å². The summed E-state index contributed by atoms with van der Waals surface area (Å²) in [6.45, 7) is 8.64. The monoisotopic (exact) mass is 203 g/mol. The van der Waals surface area contributed by atoms with Crippen LogP contribution < -0.4 is 0 Å². The topological polar surface area (TPSA) is 12.4 Å². The highest BCUT2D eigenvalue weighted by molar-refractivity contribution is 5.67. The first kappa shape index (κ1) is 12.0. The highest BCUT2D eigenvalue weighted by Crippen LogP contribution is 2.20. The Hall–Kier alpha value is -1.11. The summed E-state index contributed by atoms with van der Waals surface area (Å²) in [7, 11) is 0. The van der Waals surface area contributed by atoms with E-state index in [4.69, 9.17) is 0 Å². The second-order valence-electron chi connectivity index (χ2n) is 4.14. The molecule has 0 fully saturated rings. The van der Waals surface area contributed by atoms with Gasteiger partial charge >= 0.3 is 0 Å². The van der Waals surface area contributed by atoms with Gasteiger partial charge in [-0.3, -0.25) is 4.99 Å². The maximum absolute atomic E-state index is 4.58. The molecule has 1 aromatic carbocycles. The molecule has 0 atom stereocenters.